The average Bonchev–Trinajstić information content (AvgIpc) is 3.37. The number of phenols is 1. The first-order valence-electron chi connectivity index (χ1n) is 12.1. The normalized spacial score (nSPS) is 27.0. The first-order chi connectivity index (χ1) is 16.4. The lowest BCUT2D eigenvalue weighted by Crippen LogP contribution is -2.34. The van der Waals surface area contributed by atoms with Crippen LogP contribution < -0.4 is 0 Å². The molecule has 2 aliphatic heterocycles. The number of hydrogen-bond donors (Lipinski definition) is 2. The fourth-order valence-electron chi connectivity index (χ4n) is 6.10. The van der Waals surface area contributed by atoms with Gasteiger partial charge in [0.2, 0.25) is 11.8 Å². The molecule has 2 aromatic rings. The molecule has 2 aromatic carbocycles. The molecule has 34 heavy (non-hydrogen) atoms. The Labute approximate surface area is 199 Å². The summed E-state index contributed by atoms with van der Waals surface area (Å²) in [7, 11) is 1.56. The summed E-state index contributed by atoms with van der Waals surface area (Å²) >= 11 is 0. The van der Waals surface area contributed by atoms with Crippen LogP contribution in [-0.2, 0) is 14.3 Å². The van der Waals surface area contributed by atoms with Crippen molar-refractivity contribution in [1.29, 1.82) is 0 Å². The van der Waals surface area contributed by atoms with E-state index in [9.17, 15) is 19.8 Å². The molecule has 1 aliphatic carbocycles. The van der Waals surface area contributed by atoms with Crippen molar-refractivity contribution < 1.29 is 24.5 Å². The van der Waals surface area contributed by atoms with Crippen molar-refractivity contribution in [2.75, 3.05) is 20.3 Å². The Morgan fingerprint density at radius 1 is 1.12 bits per heavy atom. The van der Waals surface area contributed by atoms with Crippen LogP contribution in [0.5, 0.6) is 5.75 Å². The molecule has 6 nitrogen and oxygen atoms in total. The van der Waals surface area contributed by atoms with Crippen molar-refractivity contribution in [3.63, 3.8) is 0 Å². The number of nitrogens with zero attached hydrogens (tertiary/aromatic N) is 1. The maximum Gasteiger partial charge on any atom is 0.233 e. The molecule has 178 valence electrons. The Kier molecular flexibility index (Phi) is 6.04. The smallest absolute Gasteiger partial charge is 0.233 e. The highest BCUT2D eigenvalue weighted by Gasteiger charge is 2.55. The minimum absolute atomic E-state index is 0.101. The van der Waals surface area contributed by atoms with Gasteiger partial charge in [-0.3, -0.25) is 14.5 Å². The summed E-state index contributed by atoms with van der Waals surface area (Å²) in [6, 6.07) is 11.5. The van der Waals surface area contributed by atoms with Gasteiger partial charge in [-0.15, -0.1) is 0 Å². The zero-order valence-corrected chi connectivity index (χ0v) is 19.7. The first-order valence-corrected chi connectivity index (χ1v) is 12.1. The second-order valence-electron chi connectivity index (χ2n) is 9.63. The molecule has 2 heterocycles. The van der Waals surface area contributed by atoms with Gasteiger partial charge in [0.05, 0.1) is 31.2 Å². The molecule has 4 atom stereocenters. The number of aliphatic hydroxyl groups excluding tert-OH is 1. The van der Waals surface area contributed by atoms with E-state index in [4.69, 9.17) is 4.74 Å². The summed E-state index contributed by atoms with van der Waals surface area (Å²) in [5.74, 6) is -0.835. The van der Waals surface area contributed by atoms with E-state index < -0.39 is 0 Å². The number of imide groups is 1. The van der Waals surface area contributed by atoms with Gasteiger partial charge >= 0.3 is 0 Å². The van der Waals surface area contributed by atoms with Crippen LogP contribution >= 0.6 is 0 Å². The molecular formula is C28H31NO5. The molecule has 0 spiro atoms. The molecule has 0 saturated carbocycles. The number of allylic oxidation sites excluding steroid dienone is 1. The fraction of sp³-hybridized carbons (Fsp3) is 0.429. The number of benzene rings is 2. The van der Waals surface area contributed by atoms with Crippen molar-refractivity contribution in [2.45, 2.75) is 38.7 Å². The number of aromatic hydroxyl groups is 1. The lowest BCUT2D eigenvalue weighted by Gasteiger charge is -2.31. The molecule has 0 radical (unpaired) electrons. The number of phenolic OH excluding ortho intramolecular Hbond substituents is 1. The van der Waals surface area contributed by atoms with Crippen LogP contribution in [0.15, 0.2) is 53.1 Å². The summed E-state index contributed by atoms with van der Waals surface area (Å²) in [6.07, 6.45) is 4.97. The largest absolute Gasteiger partial charge is 0.507 e. The lowest BCUT2D eigenvalue weighted by molar-refractivity contribution is -0.138. The quantitative estimate of drug-likeness (QED) is 0.501. The van der Waals surface area contributed by atoms with Crippen LogP contribution in [0.2, 0.25) is 0 Å². The Balaban J connectivity index is 1.38. The third kappa shape index (κ3) is 3.65. The van der Waals surface area contributed by atoms with Gasteiger partial charge in [0.25, 0.3) is 0 Å². The third-order valence-corrected chi connectivity index (χ3v) is 7.90. The molecule has 2 N–H and O–H groups in total. The van der Waals surface area contributed by atoms with Gasteiger partial charge in [-0.25, -0.2) is 0 Å². The van der Waals surface area contributed by atoms with Gasteiger partial charge < -0.3 is 14.9 Å². The van der Waals surface area contributed by atoms with Crippen LogP contribution in [0.3, 0.4) is 0 Å². The number of carbonyl (C=O) groups excluding carboxylic acids is 2. The minimum Gasteiger partial charge on any atom is -0.507 e. The molecule has 6 heteroatoms. The van der Waals surface area contributed by atoms with E-state index in [1.165, 1.54) is 10.5 Å². The van der Waals surface area contributed by atoms with E-state index in [1.54, 1.807) is 13.1 Å². The molecular weight excluding hydrogens is 430 g/mol. The Morgan fingerprint density at radius 2 is 1.88 bits per heavy atom. The molecule has 2 amide bonds. The van der Waals surface area contributed by atoms with Crippen LogP contribution in [0.25, 0.3) is 16.8 Å². The zero-order chi connectivity index (χ0) is 24.0. The number of rotatable bonds is 6. The standard InChI is InChI=1S/C28H31NO5/c1-3-16(12-17-9-10-23(31)20-7-5-4-6-19(17)20)8-11-24-25-18(14-30)13-21-26(22(25)15-34-24)28(33)29(2)27(21)32/h4-7,9-10,12,21-22,24,26,30-31H,3,8,11,13-15H2,1-2H3/b16-12+/t21-,22+,24-,26-/m1/s1. The molecule has 2 saturated heterocycles. The van der Waals surface area contributed by atoms with Crippen LogP contribution in [0, 0.1) is 17.8 Å². The second-order valence-corrected chi connectivity index (χ2v) is 9.63. The third-order valence-electron chi connectivity index (χ3n) is 7.90. The highest BCUT2D eigenvalue weighted by atomic mass is 16.5. The predicted octanol–water partition coefficient (Wildman–Crippen LogP) is 4.06. The van der Waals surface area contributed by atoms with Gasteiger partial charge in [0.1, 0.15) is 5.75 Å². The van der Waals surface area contributed by atoms with Crippen molar-refractivity contribution in [3.05, 3.63) is 58.7 Å². The average molecular weight is 462 g/mol. The predicted molar refractivity (Wildman–Crippen MR) is 130 cm³/mol. The molecule has 5 rings (SSSR count). The number of amides is 2. The second kappa shape index (κ2) is 9.01. The number of aliphatic hydroxyl groups is 1. The Morgan fingerprint density at radius 3 is 2.62 bits per heavy atom. The summed E-state index contributed by atoms with van der Waals surface area (Å²) in [4.78, 5) is 26.6. The molecule has 0 bridgehead atoms. The number of carbonyl (C=O) groups is 2. The molecule has 3 aliphatic rings. The van der Waals surface area contributed by atoms with E-state index in [-0.39, 0.29) is 48.0 Å². The van der Waals surface area contributed by atoms with Crippen molar-refractivity contribution in [2.24, 2.45) is 17.8 Å². The topological polar surface area (TPSA) is 87.1 Å². The Hall–Kier alpha value is -2.96. The maximum absolute atomic E-state index is 12.8. The summed E-state index contributed by atoms with van der Waals surface area (Å²) in [5, 5.41) is 22.1. The number of fused-ring (bicyclic) bond motifs is 4. The van der Waals surface area contributed by atoms with Crippen LogP contribution in [0.1, 0.15) is 38.2 Å². The molecule has 2 fully saturated rings. The zero-order valence-electron chi connectivity index (χ0n) is 19.7. The van der Waals surface area contributed by atoms with Crippen molar-refractivity contribution in [1.82, 2.24) is 4.90 Å². The SMILES string of the molecule is CC/C(=C\c1ccc(O)c2ccccc12)CC[C@H]1OC[C@H]2C1=C(CO)C[C@H]1C(=O)N(C)C(=O)[C@H]12. The fourth-order valence-corrected chi connectivity index (χ4v) is 6.10. The number of hydrogen-bond acceptors (Lipinski definition) is 5. The molecule has 0 unspecified atom stereocenters. The van der Waals surface area contributed by atoms with Gasteiger partial charge in [-0.1, -0.05) is 48.9 Å². The van der Waals surface area contributed by atoms with Crippen LogP contribution in [0.4, 0.5) is 0 Å². The van der Waals surface area contributed by atoms with E-state index >= 15 is 0 Å². The van der Waals surface area contributed by atoms with Gasteiger partial charge in [-0.2, -0.15) is 0 Å². The first kappa shape index (κ1) is 22.8. The van der Waals surface area contributed by atoms with E-state index in [0.29, 0.717) is 13.0 Å². The molecule has 0 aromatic heterocycles. The van der Waals surface area contributed by atoms with Crippen LogP contribution in [-0.4, -0.2) is 53.3 Å². The van der Waals surface area contributed by atoms with E-state index in [1.807, 2.05) is 30.3 Å². The lowest BCUT2D eigenvalue weighted by atomic mass is 9.69. The highest BCUT2D eigenvalue weighted by Crippen LogP contribution is 2.49. The van der Waals surface area contributed by atoms with Crippen molar-refractivity contribution in [3.8, 4) is 5.75 Å². The van der Waals surface area contributed by atoms with E-state index in [2.05, 4.69) is 13.0 Å². The monoisotopic (exact) mass is 461 g/mol. The van der Waals surface area contributed by atoms with E-state index in [0.717, 1.165) is 46.7 Å². The van der Waals surface area contributed by atoms with Gasteiger partial charge in [-0.05, 0) is 53.8 Å². The van der Waals surface area contributed by atoms with Gasteiger partial charge in [0.15, 0.2) is 0 Å². The van der Waals surface area contributed by atoms with Crippen molar-refractivity contribution >= 4 is 28.7 Å². The number of likely N-dealkylation sites (tertiary alicyclic amines) is 1. The Bertz CT molecular complexity index is 1210. The summed E-state index contributed by atoms with van der Waals surface area (Å²) in [5.41, 5.74) is 4.27. The summed E-state index contributed by atoms with van der Waals surface area (Å²) in [6.45, 7) is 2.45. The summed E-state index contributed by atoms with van der Waals surface area (Å²) < 4.78 is 6.18. The minimum atomic E-state index is -0.371. The maximum atomic E-state index is 12.8. The van der Waals surface area contributed by atoms with Gasteiger partial charge in [0, 0.05) is 18.4 Å². The number of ether oxygens (including phenoxy) is 1. The highest BCUT2D eigenvalue weighted by molar-refractivity contribution is 6.05.